The van der Waals surface area contributed by atoms with Crippen molar-refractivity contribution in [2.75, 3.05) is 24.7 Å². The molecular weight excluding hydrogens is 462 g/mol. The van der Waals surface area contributed by atoms with Gasteiger partial charge in [-0.25, -0.2) is 4.98 Å². The van der Waals surface area contributed by atoms with Gasteiger partial charge in [-0.3, -0.25) is 4.79 Å². The van der Waals surface area contributed by atoms with Crippen LogP contribution in [0.25, 0.3) is 11.0 Å². The van der Waals surface area contributed by atoms with Crippen molar-refractivity contribution in [3.8, 4) is 11.5 Å². The zero-order valence-electron chi connectivity index (χ0n) is 22.1. The molecule has 0 unspecified atom stereocenters. The lowest BCUT2D eigenvalue weighted by Crippen LogP contribution is -2.25. The fraction of sp³-hybridized carbons (Fsp3) is 0.355. The number of nitrogens with zero attached hydrogens (tertiary/aromatic N) is 3. The molecule has 1 atom stereocenters. The highest BCUT2D eigenvalue weighted by molar-refractivity contribution is 5.97. The number of ether oxygens (including phenoxy) is 2. The summed E-state index contributed by atoms with van der Waals surface area (Å²) in [5.41, 5.74) is 4.21. The molecule has 1 aromatic heterocycles. The lowest BCUT2D eigenvalue weighted by molar-refractivity contribution is -0.117. The molecule has 6 nitrogen and oxygen atoms in total. The normalized spacial score (nSPS) is 15.9. The average Bonchev–Trinajstić information content (AvgIpc) is 3.45. The Bertz CT molecular complexity index is 1390. The summed E-state index contributed by atoms with van der Waals surface area (Å²) in [5.74, 6) is 2.59. The molecule has 5 rings (SSSR count). The highest BCUT2D eigenvalue weighted by atomic mass is 16.5. The number of amides is 1. The first-order valence-electron chi connectivity index (χ1n) is 13.1. The summed E-state index contributed by atoms with van der Waals surface area (Å²) in [7, 11) is 0. The van der Waals surface area contributed by atoms with Crippen molar-refractivity contribution in [1.29, 1.82) is 0 Å². The summed E-state index contributed by atoms with van der Waals surface area (Å²) in [6, 6.07) is 24.2. The van der Waals surface area contributed by atoms with E-state index in [-0.39, 0.29) is 17.2 Å². The first-order valence-corrected chi connectivity index (χ1v) is 13.1. The lowest BCUT2D eigenvalue weighted by atomic mass is 9.87. The van der Waals surface area contributed by atoms with Crippen molar-refractivity contribution in [3.05, 3.63) is 84.2 Å². The molecule has 0 N–H and O–H groups in total. The van der Waals surface area contributed by atoms with E-state index in [0.717, 1.165) is 34.0 Å². The predicted molar refractivity (Wildman–Crippen MR) is 148 cm³/mol. The Morgan fingerprint density at radius 3 is 2.43 bits per heavy atom. The summed E-state index contributed by atoms with van der Waals surface area (Å²) < 4.78 is 14.1. The summed E-state index contributed by atoms with van der Waals surface area (Å²) >= 11 is 0. The van der Waals surface area contributed by atoms with E-state index in [1.165, 1.54) is 5.56 Å². The van der Waals surface area contributed by atoms with E-state index in [0.29, 0.717) is 32.7 Å². The molecule has 192 valence electrons. The summed E-state index contributed by atoms with van der Waals surface area (Å²) in [6.07, 6.45) is 0.416. The molecule has 1 amide bonds. The van der Waals surface area contributed by atoms with Crippen molar-refractivity contribution >= 4 is 22.6 Å². The summed E-state index contributed by atoms with van der Waals surface area (Å²) in [6.45, 7) is 10.9. The van der Waals surface area contributed by atoms with Crippen LogP contribution in [0.4, 0.5) is 5.69 Å². The first-order chi connectivity index (χ1) is 17.8. The number of aromatic nitrogens is 2. The van der Waals surface area contributed by atoms with Gasteiger partial charge in [-0.2, -0.15) is 0 Å². The fourth-order valence-electron chi connectivity index (χ4n) is 5.02. The second-order valence-electron chi connectivity index (χ2n) is 10.5. The number of carbonyl (C=O) groups is 1. The molecule has 0 aliphatic carbocycles. The van der Waals surface area contributed by atoms with Crippen molar-refractivity contribution < 1.29 is 14.3 Å². The Labute approximate surface area is 218 Å². The van der Waals surface area contributed by atoms with Crippen molar-refractivity contribution in [3.63, 3.8) is 0 Å². The highest BCUT2D eigenvalue weighted by Crippen LogP contribution is 2.37. The lowest BCUT2D eigenvalue weighted by Gasteiger charge is -2.20. The van der Waals surface area contributed by atoms with Gasteiger partial charge in [0.1, 0.15) is 23.9 Å². The minimum Gasteiger partial charge on any atom is -0.492 e. The summed E-state index contributed by atoms with van der Waals surface area (Å²) in [5, 5.41) is 0. The van der Waals surface area contributed by atoms with E-state index in [4.69, 9.17) is 14.5 Å². The largest absolute Gasteiger partial charge is 0.492 e. The predicted octanol–water partition coefficient (Wildman–Crippen LogP) is 6.33. The van der Waals surface area contributed by atoms with Gasteiger partial charge in [0.05, 0.1) is 29.9 Å². The van der Waals surface area contributed by atoms with Gasteiger partial charge >= 0.3 is 0 Å². The van der Waals surface area contributed by atoms with Gasteiger partial charge in [0.15, 0.2) is 0 Å². The maximum atomic E-state index is 13.1. The maximum absolute atomic E-state index is 13.1. The van der Waals surface area contributed by atoms with Crippen molar-refractivity contribution in [2.24, 2.45) is 0 Å². The zero-order valence-corrected chi connectivity index (χ0v) is 22.1. The molecule has 1 saturated heterocycles. The first kappa shape index (κ1) is 24.9. The second kappa shape index (κ2) is 10.3. The molecule has 1 aliphatic heterocycles. The minimum atomic E-state index is -0.0133. The molecule has 1 aliphatic rings. The quantitative estimate of drug-likeness (QED) is 0.285. The molecule has 6 heteroatoms. The molecule has 2 heterocycles. The summed E-state index contributed by atoms with van der Waals surface area (Å²) in [4.78, 5) is 20.0. The number of imidazole rings is 1. The van der Waals surface area contributed by atoms with Gasteiger partial charge in [-0.1, -0.05) is 57.2 Å². The van der Waals surface area contributed by atoms with E-state index in [9.17, 15) is 4.79 Å². The smallest absolute Gasteiger partial charge is 0.227 e. The highest BCUT2D eigenvalue weighted by Gasteiger charge is 2.36. The van der Waals surface area contributed by atoms with Crippen LogP contribution in [0.2, 0.25) is 0 Å². The van der Waals surface area contributed by atoms with Gasteiger partial charge in [0.2, 0.25) is 5.91 Å². The minimum absolute atomic E-state index is 0.0133. The van der Waals surface area contributed by atoms with E-state index < -0.39 is 0 Å². The van der Waals surface area contributed by atoms with Crippen LogP contribution in [0.3, 0.4) is 0 Å². The molecule has 0 radical (unpaired) electrons. The third-order valence-electron chi connectivity index (χ3n) is 6.93. The molecule has 37 heavy (non-hydrogen) atoms. The fourth-order valence-corrected chi connectivity index (χ4v) is 5.02. The Morgan fingerprint density at radius 1 is 0.946 bits per heavy atom. The monoisotopic (exact) mass is 497 g/mol. The number of rotatable bonds is 8. The number of anilines is 1. The van der Waals surface area contributed by atoms with Gasteiger partial charge in [0, 0.05) is 18.9 Å². The van der Waals surface area contributed by atoms with Crippen LogP contribution in [0, 0.1) is 0 Å². The Hall–Kier alpha value is -3.80. The SMILES string of the molecule is CCOc1ccccc1N1C[C@@H](c2nc3ccccc3n2CCOc2ccc(C(C)(C)C)cc2)CC1=O. The third kappa shape index (κ3) is 5.19. The van der Waals surface area contributed by atoms with Crippen molar-refractivity contribution in [2.45, 2.75) is 52.0 Å². The van der Waals surface area contributed by atoms with Gasteiger partial charge in [0.25, 0.3) is 0 Å². The second-order valence-corrected chi connectivity index (χ2v) is 10.5. The number of hydrogen-bond donors (Lipinski definition) is 0. The van der Waals surface area contributed by atoms with Crippen LogP contribution in [-0.2, 0) is 16.8 Å². The molecular formula is C31H35N3O3. The Kier molecular flexibility index (Phi) is 6.92. The third-order valence-corrected chi connectivity index (χ3v) is 6.93. The van der Waals surface area contributed by atoms with Crippen molar-refractivity contribution in [1.82, 2.24) is 9.55 Å². The van der Waals surface area contributed by atoms with Crippen LogP contribution in [-0.4, -0.2) is 35.2 Å². The molecule has 0 saturated carbocycles. The Balaban J connectivity index is 1.36. The van der Waals surface area contributed by atoms with E-state index in [1.807, 2.05) is 66.4 Å². The van der Waals surface area contributed by atoms with E-state index >= 15 is 0 Å². The molecule has 1 fully saturated rings. The molecule has 4 aromatic rings. The van der Waals surface area contributed by atoms with Gasteiger partial charge in [-0.05, 0) is 54.3 Å². The van der Waals surface area contributed by atoms with Gasteiger partial charge < -0.3 is 18.9 Å². The number of fused-ring (bicyclic) bond motifs is 1. The number of carbonyl (C=O) groups excluding carboxylic acids is 1. The van der Waals surface area contributed by atoms with E-state index in [1.54, 1.807) is 0 Å². The van der Waals surface area contributed by atoms with Crippen LogP contribution in [0.5, 0.6) is 11.5 Å². The molecule has 0 bridgehead atoms. The molecule has 0 spiro atoms. The topological polar surface area (TPSA) is 56.6 Å². The van der Waals surface area contributed by atoms with Crippen LogP contribution in [0.15, 0.2) is 72.8 Å². The number of para-hydroxylation sites is 4. The van der Waals surface area contributed by atoms with Gasteiger partial charge in [-0.15, -0.1) is 0 Å². The average molecular weight is 498 g/mol. The maximum Gasteiger partial charge on any atom is 0.227 e. The van der Waals surface area contributed by atoms with Crippen LogP contribution < -0.4 is 14.4 Å². The van der Waals surface area contributed by atoms with Crippen LogP contribution in [0.1, 0.15) is 51.4 Å². The van der Waals surface area contributed by atoms with E-state index in [2.05, 4.69) is 43.5 Å². The number of benzene rings is 3. The Morgan fingerprint density at radius 2 is 1.68 bits per heavy atom. The zero-order chi connectivity index (χ0) is 26.0. The standard InChI is InChI=1S/C31H35N3O3/c1-5-36-28-13-9-8-12-27(28)34-21-22(20-29(34)35)30-32-25-10-6-7-11-26(25)33(30)18-19-37-24-16-14-23(15-17-24)31(2,3)4/h6-17,22H,5,18-21H2,1-4H3/t22-/m0/s1. The number of hydrogen-bond acceptors (Lipinski definition) is 4. The van der Waals surface area contributed by atoms with Crippen LogP contribution >= 0.6 is 0 Å². The molecule has 3 aromatic carbocycles.